The van der Waals surface area contributed by atoms with Gasteiger partial charge >= 0.3 is 0 Å². The Hall–Kier alpha value is -0.720. The summed E-state index contributed by atoms with van der Waals surface area (Å²) in [6.07, 6.45) is 2.26. The van der Waals surface area contributed by atoms with E-state index >= 15 is 0 Å². The molecule has 0 aliphatic carbocycles. The van der Waals surface area contributed by atoms with E-state index < -0.39 is 0 Å². The molecule has 1 rings (SSSR count). The highest BCUT2D eigenvalue weighted by molar-refractivity contribution is 5.22. The first-order chi connectivity index (χ1) is 5.88. The van der Waals surface area contributed by atoms with Gasteiger partial charge in [0.25, 0.3) is 0 Å². The minimum Gasteiger partial charge on any atom is -0.344 e. The molecule has 0 aromatic heterocycles. The summed E-state index contributed by atoms with van der Waals surface area (Å²) < 4.78 is 0. The summed E-state index contributed by atoms with van der Waals surface area (Å²) in [5.41, 5.74) is 2.61. The van der Waals surface area contributed by atoms with Crippen LogP contribution < -0.4 is 0 Å². The van der Waals surface area contributed by atoms with E-state index in [9.17, 15) is 0 Å². The lowest BCUT2D eigenvalue weighted by Crippen LogP contribution is -2.36. The fraction of sp³-hybridized carbons (Fsp3) is 0.667. The first-order valence-electron chi connectivity index (χ1n) is 5.04. The zero-order valence-corrected chi connectivity index (χ0v) is 9.35. The molecule has 1 nitrogen and oxygen atoms in total. The van der Waals surface area contributed by atoms with Crippen molar-refractivity contribution in [3.8, 4) is 0 Å². The molecule has 1 heteroatoms. The number of likely N-dealkylation sites (tertiary alicyclic amines) is 1. The van der Waals surface area contributed by atoms with E-state index in [1.54, 1.807) is 0 Å². The van der Waals surface area contributed by atoms with Gasteiger partial charge in [-0.05, 0) is 33.6 Å². The van der Waals surface area contributed by atoms with Crippen LogP contribution in [0.2, 0.25) is 0 Å². The highest BCUT2D eigenvalue weighted by atomic mass is 15.2. The summed E-state index contributed by atoms with van der Waals surface area (Å²) in [5, 5.41) is 0. The maximum Gasteiger partial charge on any atom is 0.0360 e. The summed E-state index contributed by atoms with van der Waals surface area (Å²) >= 11 is 0. The molecule has 0 bridgehead atoms. The van der Waals surface area contributed by atoms with Crippen molar-refractivity contribution in [3.63, 3.8) is 0 Å². The van der Waals surface area contributed by atoms with Crippen LogP contribution in [0.3, 0.4) is 0 Å². The van der Waals surface area contributed by atoms with Gasteiger partial charge in [0.1, 0.15) is 0 Å². The van der Waals surface area contributed by atoms with Gasteiger partial charge < -0.3 is 4.90 Å². The highest BCUT2D eigenvalue weighted by Crippen LogP contribution is 2.40. The van der Waals surface area contributed by atoms with E-state index in [1.165, 1.54) is 17.8 Å². The summed E-state index contributed by atoms with van der Waals surface area (Å²) in [6, 6.07) is 0. The molecular formula is C12H21N. The maximum atomic E-state index is 4.17. The molecule has 0 aromatic rings. The zero-order chi connectivity index (χ0) is 10.2. The van der Waals surface area contributed by atoms with Crippen molar-refractivity contribution in [1.82, 2.24) is 4.90 Å². The van der Waals surface area contributed by atoms with E-state index in [2.05, 4.69) is 45.8 Å². The number of nitrogens with zero attached hydrogens (tertiary/aromatic N) is 1. The van der Waals surface area contributed by atoms with Gasteiger partial charge in [0, 0.05) is 22.9 Å². The van der Waals surface area contributed by atoms with Crippen LogP contribution in [0.1, 0.15) is 40.5 Å². The van der Waals surface area contributed by atoms with Crippen LogP contribution in [0.5, 0.6) is 0 Å². The lowest BCUT2D eigenvalue weighted by Gasteiger charge is -2.36. The van der Waals surface area contributed by atoms with Crippen LogP contribution >= 0.6 is 0 Å². The summed E-state index contributed by atoms with van der Waals surface area (Å²) in [5.74, 6) is 0.617. The second-order valence-electron chi connectivity index (χ2n) is 4.87. The van der Waals surface area contributed by atoms with Gasteiger partial charge in [-0.15, -0.1) is 0 Å². The van der Waals surface area contributed by atoms with E-state index in [0.29, 0.717) is 5.92 Å². The molecule has 1 fully saturated rings. The molecule has 13 heavy (non-hydrogen) atoms. The predicted molar refractivity (Wildman–Crippen MR) is 58.3 cm³/mol. The fourth-order valence-corrected chi connectivity index (χ4v) is 2.16. The Morgan fingerprint density at radius 2 is 1.92 bits per heavy atom. The third-order valence-electron chi connectivity index (χ3n) is 2.72. The van der Waals surface area contributed by atoms with Crippen LogP contribution in [-0.2, 0) is 0 Å². The van der Waals surface area contributed by atoms with Crippen molar-refractivity contribution in [1.29, 1.82) is 0 Å². The number of allylic oxidation sites excluding steroid dienone is 2. The summed E-state index contributed by atoms with van der Waals surface area (Å²) in [4.78, 5) is 2.29. The van der Waals surface area contributed by atoms with Crippen LogP contribution in [0.15, 0.2) is 24.6 Å². The van der Waals surface area contributed by atoms with Gasteiger partial charge in [-0.25, -0.2) is 0 Å². The average molecular weight is 179 g/mol. The Bertz CT molecular complexity index is 232. The molecule has 0 N–H and O–H groups in total. The quantitative estimate of drug-likeness (QED) is 0.595. The molecule has 1 saturated heterocycles. The van der Waals surface area contributed by atoms with Crippen molar-refractivity contribution in [2.45, 2.75) is 46.1 Å². The molecule has 1 aliphatic rings. The molecular weight excluding hydrogens is 158 g/mol. The SMILES string of the molecule is C=C1CC(CC)C(=C)N1C(C)(C)C. The van der Waals surface area contributed by atoms with E-state index in [1.807, 2.05) is 0 Å². The minimum absolute atomic E-state index is 0.137. The summed E-state index contributed by atoms with van der Waals surface area (Å²) in [7, 11) is 0. The van der Waals surface area contributed by atoms with Crippen LogP contribution in [0.25, 0.3) is 0 Å². The van der Waals surface area contributed by atoms with Crippen molar-refractivity contribution in [3.05, 3.63) is 24.6 Å². The predicted octanol–water partition coefficient (Wildman–Crippen LogP) is 3.54. The van der Waals surface area contributed by atoms with Crippen molar-refractivity contribution in [2.24, 2.45) is 5.92 Å². The third-order valence-corrected chi connectivity index (χ3v) is 2.72. The normalized spacial score (nSPS) is 24.3. The largest absolute Gasteiger partial charge is 0.344 e. The van der Waals surface area contributed by atoms with Gasteiger partial charge in [-0.2, -0.15) is 0 Å². The minimum atomic E-state index is 0.137. The van der Waals surface area contributed by atoms with E-state index in [4.69, 9.17) is 0 Å². The fourth-order valence-electron chi connectivity index (χ4n) is 2.16. The zero-order valence-electron chi connectivity index (χ0n) is 9.35. The van der Waals surface area contributed by atoms with E-state index in [-0.39, 0.29) is 5.54 Å². The third kappa shape index (κ3) is 1.79. The Balaban J connectivity index is 2.89. The monoisotopic (exact) mass is 179 g/mol. The molecule has 1 aliphatic heterocycles. The van der Waals surface area contributed by atoms with Crippen LogP contribution in [0, 0.1) is 5.92 Å². The standard InChI is InChI=1S/C12H21N/c1-7-11-8-9(2)13(10(11)3)12(4,5)6/h11H,2-3,7-8H2,1,4-6H3. The maximum absolute atomic E-state index is 4.17. The van der Waals surface area contributed by atoms with Gasteiger partial charge in [-0.1, -0.05) is 20.1 Å². The highest BCUT2D eigenvalue weighted by Gasteiger charge is 2.34. The van der Waals surface area contributed by atoms with Crippen LogP contribution in [-0.4, -0.2) is 10.4 Å². The van der Waals surface area contributed by atoms with Gasteiger partial charge in [-0.3, -0.25) is 0 Å². The number of hydrogen-bond donors (Lipinski definition) is 0. The number of rotatable bonds is 1. The second kappa shape index (κ2) is 3.21. The molecule has 1 unspecified atom stereocenters. The van der Waals surface area contributed by atoms with Crippen molar-refractivity contribution in [2.75, 3.05) is 0 Å². The molecule has 0 radical (unpaired) electrons. The first kappa shape index (κ1) is 10.4. The lowest BCUT2D eigenvalue weighted by molar-refractivity contribution is 0.248. The lowest BCUT2D eigenvalue weighted by atomic mass is 10.0. The average Bonchev–Trinajstić information content (AvgIpc) is 2.24. The number of hydrogen-bond acceptors (Lipinski definition) is 1. The Morgan fingerprint density at radius 3 is 2.15 bits per heavy atom. The van der Waals surface area contributed by atoms with Crippen molar-refractivity contribution < 1.29 is 0 Å². The van der Waals surface area contributed by atoms with Gasteiger partial charge in [0.15, 0.2) is 0 Å². The Kier molecular flexibility index (Phi) is 2.56. The molecule has 74 valence electrons. The second-order valence-corrected chi connectivity index (χ2v) is 4.87. The molecule has 1 atom stereocenters. The summed E-state index contributed by atoms with van der Waals surface area (Å²) in [6.45, 7) is 17.1. The Labute approximate surface area is 82.1 Å². The topological polar surface area (TPSA) is 3.24 Å². The Morgan fingerprint density at radius 1 is 1.38 bits per heavy atom. The molecule has 0 spiro atoms. The molecule has 0 amide bonds. The molecule has 0 saturated carbocycles. The molecule has 0 aromatic carbocycles. The molecule has 1 heterocycles. The van der Waals surface area contributed by atoms with Gasteiger partial charge in [0.2, 0.25) is 0 Å². The van der Waals surface area contributed by atoms with E-state index in [0.717, 1.165) is 6.42 Å². The van der Waals surface area contributed by atoms with Crippen LogP contribution in [0.4, 0.5) is 0 Å². The van der Waals surface area contributed by atoms with Gasteiger partial charge in [0.05, 0.1) is 0 Å². The first-order valence-corrected chi connectivity index (χ1v) is 5.04. The smallest absolute Gasteiger partial charge is 0.0360 e. The van der Waals surface area contributed by atoms with Crippen molar-refractivity contribution >= 4 is 0 Å².